The van der Waals surface area contributed by atoms with Crippen LogP contribution in [-0.4, -0.2) is 74.7 Å². The average molecular weight is 623 g/mol. The van der Waals surface area contributed by atoms with Crippen molar-refractivity contribution in [2.45, 2.75) is 141 Å². The molecule has 10 heteroatoms. The summed E-state index contributed by atoms with van der Waals surface area (Å²) >= 11 is 0. The fourth-order valence-corrected chi connectivity index (χ4v) is 6.62. The van der Waals surface area contributed by atoms with E-state index in [0.29, 0.717) is 51.7 Å². The molecule has 2 saturated carbocycles. The highest BCUT2D eigenvalue weighted by atomic mass is 16.6. The predicted octanol–water partition coefficient (Wildman–Crippen LogP) is 5.47. The number of rotatable bonds is 21. The van der Waals surface area contributed by atoms with Crippen LogP contribution in [0.2, 0.25) is 0 Å². The molecule has 2 saturated heterocycles. The molecule has 0 radical (unpaired) electrons. The Morgan fingerprint density at radius 1 is 0.432 bits per heavy atom. The van der Waals surface area contributed by atoms with Crippen LogP contribution in [-0.2, 0) is 47.6 Å². The predicted molar refractivity (Wildman–Crippen MR) is 160 cm³/mol. The normalized spacial score (nSPS) is 30.0. The van der Waals surface area contributed by atoms with Gasteiger partial charge in [-0.25, -0.2) is 0 Å². The number of hydrogen-bond acceptors (Lipinski definition) is 10. The highest BCUT2D eigenvalue weighted by Crippen LogP contribution is 2.45. The third-order valence-corrected chi connectivity index (χ3v) is 9.51. The third-order valence-electron chi connectivity index (χ3n) is 9.51. The van der Waals surface area contributed by atoms with E-state index in [2.05, 4.69) is 13.8 Å². The number of fused-ring (bicyclic) bond motifs is 2. The summed E-state index contributed by atoms with van der Waals surface area (Å²) in [7, 11) is 0. The van der Waals surface area contributed by atoms with Crippen molar-refractivity contribution in [2.24, 2.45) is 23.7 Å². The summed E-state index contributed by atoms with van der Waals surface area (Å²) in [6.07, 6.45) is 13.8. The molecule has 250 valence electrons. The fraction of sp³-hybridized carbons (Fsp3) is 0.882. The zero-order valence-corrected chi connectivity index (χ0v) is 26.8. The van der Waals surface area contributed by atoms with E-state index < -0.39 is 35.6 Å². The highest BCUT2D eigenvalue weighted by Gasteiger charge is 2.54. The van der Waals surface area contributed by atoms with E-state index in [1.54, 1.807) is 0 Å². The van der Waals surface area contributed by atoms with Crippen molar-refractivity contribution >= 4 is 23.9 Å². The molecule has 0 amide bonds. The van der Waals surface area contributed by atoms with Gasteiger partial charge in [0.05, 0.1) is 74.5 Å². The zero-order valence-electron chi connectivity index (χ0n) is 26.8. The second kappa shape index (κ2) is 18.1. The van der Waals surface area contributed by atoms with Gasteiger partial charge in [-0.3, -0.25) is 19.2 Å². The first-order valence-electron chi connectivity index (χ1n) is 17.4. The lowest BCUT2D eigenvalue weighted by Crippen LogP contribution is -2.38. The molecule has 2 aliphatic carbocycles. The van der Waals surface area contributed by atoms with Crippen LogP contribution in [0.1, 0.15) is 117 Å². The number of carbonyl (C=O) groups excluding carboxylic acids is 4. The average Bonchev–Trinajstić information content (AvgIpc) is 3.95. The maximum Gasteiger partial charge on any atom is 0.309 e. The van der Waals surface area contributed by atoms with Crippen molar-refractivity contribution < 1.29 is 47.6 Å². The van der Waals surface area contributed by atoms with Crippen molar-refractivity contribution in [2.75, 3.05) is 26.4 Å². The second-order valence-electron chi connectivity index (χ2n) is 13.0. The maximum absolute atomic E-state index is 12.9. The smallest absolute Gasteiger partial charge is 0.309 e. The summed E-state index contributed by atoms with van der Waals surface area (Å²) in [5.41, 5.74) is 0. The van der Waals surface area contributed by atoms with Gasteiger partial charge in [0.25, 0.3) is 0 Å². The molecule has 0 bridgehead atoms. The Bertz CT molecular complexity index is 863. The molecule has 4 fully saturated rings. The summed E-state index contributed by atoms with van der Waals surface area (Å²) in [6, 6.07) is 0. The molecular weight excluding hydrogens is 568 g/mol. The molecule has 2 heterocycles. The van der Waals surface area contributed by atoms with Gasteiger partial charge < -0.3 is 28.4 Å². The van der Waals surface area contributed by atoms with Crippen molar-refractivity contribution in [1.82, 2.24) is 0 Å². The summed E-state index contributed by atoms with van der Waals surface area (Å²) in [6.45, 7) is 5.43. The van der Waals surface area contributed by atoms with E-state index in [-0.39, 0.29) is 49.6 Å². The molecule has 0 N–H and O–H groups in total. The SMILES string of the molecule is CCCCCCCOC(=O)C1CC2OC2CC1C(=O)OCCCCOC(=O)C1CC2OC2CC1C(=O)OCCCCCCC. The molecule has 0 spiro atoms. The number of esters is 4. The molecule has 44 heavy (non-hydrogen) atoms. The molecular formula is C34H54O10. The van der Waals surface area contributed by atoms with Gasteiger partial charge in [-0.15, -0.1) is 0 Å². The maximum atomic E-state index is 12.9. The Hall–Kier alpha value is -2.20. The van der Waals surface area contributed by atoms with Crippen LogP contribution in [0.15, 0.2) is 0 Å². The summed E-state index contributed by atoms with van der Waals surface area (Å²) in [4.78, 5) is 51.4. The summed E-state index contributed by atoms with van der Waals surface area (Å²) in [5, 5.41) is 0. The molecule has 2 aliphatic heterocycles. The quantitative estimate of drug-likeness (QED) is 0.0703. The minimum atomic E-state index is -0.558. The van der Waals surface area contributed by atoms with Crippen LogP contribution in [0.5, 0.6) is 0 Å². The van der Waals surface area contributed by atoms with E-state index in [0.717, 1.165) is 51.4 Å². The lowest BCUT2D eigenvalue weighted by molar-refractivity contribution is -0.163. The number of epoxide rings is 2. The molecule has 8 unspecified atom stereocenters. The molecule has 8 atom stereocenters. The lowest BCUT2D eigenvalue weighted by Gasteiger charge is -2.26. The topological polar surface area (TPSA) is 130 Å². The van der Waals surface area contributed by atoms with Gasteiger partial charge in [-0.2, -0.15) is 0 Å². The van der Waals surface area contributed by atoms with Gasteiger partial charge in [0, 0.05) is 0 Å². The molecule has 0 aromatic rings. The zero-order chi connectivity index (χ0) is 31.3. The number of carbonyl (C=O) groups is 4. The standard InChI is InChI=1S/C34H54O10/c1-3-5-7-9-11-15-39-31(35)23-19-27-29(43-27)21-25(23)33(37)41-17-13-14-18-42-34(38)26-22-30-28(44-30)20-24(26)32(36)40-16-12-10-8-6-4-2/h23-30H,3-22H2,1-2H3. The van der Waals surface area contributed by atoms with Gasteiger partial charge in [-0.1, -0.05) is 65.2 Å². The Morgan fingerprint density at radius 2 is 0.682 bits per heavy atom. The van der Waals surface area contributed by atoms with Crippen LogP contribution in [0.3, 0.4) is 0 Å². The lowest BCUT2D eigenvalue weighted by atomic mass is 9.79. The van der Waals surface area contributed by atoms with Crippen molar-refractivity contribution in [3.8, 4) is 0 Å². The minimum Gasteiger partial charge on any atom is -0.465 e. The van der Waals surface area contributed by atoms with Crippen LogP contribution in [0.4, 0.5) is 0 Å². The Morgan fingerprint density at radius 3 is 0.955 bits per heavy atom. The Balaban J connectivity index is 1.11. The van der Waals surface area contributed by atoms with Crippen molar-refractivity contribution in [1.29, 1.82) is 0 Å². The van der Waals surface area contributed by atoms with Gasteiger partial charge in [0.1, 0.15) is 0 Å². The van der Waals surface area contributed by atoms with Gasteiger partial charge in [-0.05, 0) is 51.4 Å². The highest BCUT2D eigenvalue weighted by molar-refractivity contribution is 5.83. The first-order chi connectivity index (χ1) is 21.4. The van der Waals surface area contributed by atoms with Crippen LogP contribution in [0, 0.1) is 23.7 Å². The Kier molecular flexibility index (Phi) is 14.2. The fourth-order valence-electron chi connectivity index (χ4n) is 6.62. The van der Waals surface area contributed by atoms with Gasteiger partial charge in [0.2, 0.25) is 0 Å². The molecule has 4 rings (SSSR count). The number of unbranched alkanes of at least 4 members (excludes halogenated alkanes) is 9. The Labute approximate surface area is 262 Å². The monoisotopic (exact) mass is 622 g/mol. The van der Waals surface area contributed by atoms with E-state index in [9.17, 15) is 19.2 Å². The van der Waals surface area contributed by atoms with E-state index in [1.807, 2.05) is 0 Å². The molecule has 4 aliphatic rings. The van der Waals surface area contributed by atoms with Gasteiger partial charge in [0.15, 0.2) is 0 Å². The van der Waals surface area contributed by atoms with Crippen molar-refractivity contribution in [3.63, 3.8) is 0 Å². The molecule has 0 aromatic heterocycles. The number of hydrogen-bond donors (Lipinski definition) is 0. The third kappa shape index (κ3) is 10.7. The first kappa shape index (κ1) is 34.7. The largest absolute Gasteiger partial charge is 0.465 e. The second-order valence-corrected chi connectivity index (χ2v) is 13.0. The summed E-state index contributed by atoms with van der Waals surface area (Å²) in [5.74, 6) is -3.63. The van der Waals surface area contributed by atoms with Gasteiger partial charge >= 0.3 is 23.9 Å². The molecule has 0 aromatic carbocycles. The first-order valence-corrected chi connectivity index (χ1v) is 17.4. The number of ether oxygens (including phenoxy) is 6. The van der Waals surface area contributed by atoms with E-state index in [4.69, 9.17) is 28.4 Å². The van der Waals surface area contributed by atoms with Crippen molar-refractivity contribution in [3.05, 3.63) is 0 Å². The molecule has 10 nitrogen and oxygen atoms in total. The van der Waals surface area contributed by atoms with Crippen LogP contribution in [0.25, 0.3) is 0 Å². The minimum absolute atomic E-state index is 0.0214. The van der Waals surface area contributed by atoms with E-state index in [1.165, 1.54) is 12.8 Å². The van der Waals surface area contributed by atoms with Crippen LogP contribution >= 0.6 is 0 Å². The van der Waals surface area contributed by atoms with Crippen LogP contribution < -0.4 is 0 Å². The van der Waals surface area contributed by atoms with E-state index >= 15 is 0 Å². The summed E-state index contributed by atoms with van der Waals surface area (Å²) < 4.78 is 33.3.